The zero-order valence-corrected chi connectivity index (χ0v) is 72.3. The maximum absolute atomic E-state index is 12.5. The van der Waals surface area contributed by atoms with Crippen molar-refractivity contribution in [3.05, 3.63) is 338 Å². The number of carbonyl (C=O) groups excluding carboxylic acids is 12. The zero-order chi connectivity index (χ0) is 93.8. The van der Waals surface area contributed by atoms with Gasteiger partial charge >= 0.3 is 71.6 Å². The van der Waals surface area contributed by atoms with Crippen LogP contribution in [0.4, 0.5) is 0 Å². The molecule has 0 aliphatic rings. The molecule has 10 rings (SSSR count). The molecule has 0 unspecified atom stereocenters. The van der Waals surface area contributed by atoms with E-state index >= 15 is 0 Å². The van der Waals surface area contributed by atoms with Gasteiger partial charge in [0.2, 0.25) is 0 Å². The van der Waals surface area contributed by atoms with Gasteiger partial charge in [0, 0.05) is 51.2 Å². The van der Waals surface area contributed by atoms with Gasteiger partial charge in [-0.3, -0.25) is 14.4 Å². The normalized spacial score (nSPS) is 9.98. The highest BCUT2D eigenvalue weighted by atomic mass is 16.6. The van der Waals surface area contributed by atoms with Crippen molar-refractivity contribution in [1.29, 1.82) is 0 Å². The number of ether oxygens (including phenoxy) is 16. The van der Waals surface area contributed by atoms with Crippen LogP contribution < -0.4 is 47.4 Å². The van der Waals surface area contributed by atoms with Crippen molar-refractivity contribution in [2.24, 2.45) is 0 Å². The predicted octanol–water partition coefficient (Wildman–Crippen LogP) is 18.1. The van der Waals surface area contributed by atoms with Crippen LogP contribution in [0.15, 0.2) is 305 Å². The molecule has 0 aliphatic carbocycles. The van der Waals surface area contributed by atoms with Gasteiger partial charge in [-0.05, 0) is 243 Å². The molecular weight excluding hydrogens is 1660 g/mol. The minimum absolute atomic E-state index is 0.245. The third kappa shape index (κ3) is 44.1. The van der Waals surface area contributed by atoms with Crippen LogP contribution in [0, 0.1) is 0 Å². The molecule has 0 fully saturated rings. The molecule has 0 radical (unpaired) electrons. The van der Waals surface area contributed by atoms with Crippen LogP contribution in [-0.2, 0) is 66.8 Å². The summed E-state index contributed by atoms with van der Waals surface area (Å²) in [6.45, 7) is 16.4. The quantitative estimate of drug-likeness (QED) is 0.0115. The fraction of sp³-hybridized carbons (Fsp3) is 0.188. The smallest absolute Gasteiger partial charge is 0.343 e. The number of methoxy groups -OCH3 is 4. The summed E-state index contributed by atoms with van der Waals surface area (Å²) in [7, 11) is 5.63. The lowest BCUT2D eigenvalue weighted by Gasteiger charge is -2.09. The number of carbonyl (C=O) groups is 12. The number of hydrogen-bond acceptors (Lipinski definition) is 28. The van der Waals surface area contributed by atoms with E-state index < -0.39 is 53.7 Å². The molecule has 0 atom stereocenters. The zero-order valence-electron chi connectivity index (χ0n) is 72.3. The maximum atomic E-state index is 12.5. The molecule has 0 aromatic heterocycles. The Balaban J connectivity index is 0.000000317. The number of hydrogen-bond donors (Lipinski definition) is 0. The van der Waals surface area contributed by atoms with Gasteiger partial charge in [-0.2, -0.15) is 0 Å². The van der Waals surface area contributed by atoms with Crippen LogP contribution >= 0.6 is 0 Å². The predicted molar refractivity (Wildman–Crippen MR) is 480 cm³/mol. The molecule has 0 heterocycles. The summed E-state index contributed by atoms with van der Waals surface area (Å²) in [6.07, 6.45) is 13.5. The number of unbranched alkanes of at least 4 members (excludes halogenated alkanes) is 3. The van der Waals surface area contributed by atoms with Gasteiger partial charge in [-0.25, -0.2) is 43.2 Å². The summed E-state index contributed by atoms with van der Waals surface area (Å²) in [4.78, 5) is 136. The van der Waals surface area contributed by atoms with Gasteiger partial charge in [0.25, 0.3) is 0 Å². The van der Waals surface area contributed by atoms with Crippen LogP contribution in [0.25, 0.3) is 23.3 Å². The van der Waals surface area contributed by atoms with Crippen molar-refractivity contribution in [3.63, 3.8) is 0 Å². The van der Waals surface area contributed by atoms with Gasteiger partial charge in [0.05, 0.1) is 90.3 Å². The fourth-order valence-corrected chi connectivity index (χ4v) is 9.67. The highest BCUT2D eigenvalue weighted by Gasteiger charge is 2.16. The summed E-state index contributed by atoms with van der Waals surface area (Å²) in [5, 5.41) is 0. The Morgan fingerprint density at radius 3 is 0.736 bits per heavy atom. The molecule has 10 aromatic rings. The molecule has 0 saturated heterocycles. The topological polar surface area (TPSA) is 353 Å². The Morgan fingerprint density at radius 2 is 0.473 bits per heavy atom. The summed E-state index contributed by atoms with van der Waals surface area (Å²) in [5.41, 5.74) is 5.29. The molecule has 0 saturated carbocycles. The lowest BCUT2D eigenvalue weighted by atomic mass is 10.0. The average molecular weight is 1760 g/mol. The first-order chi connectivity index (χ1) is 62.3. The van der Waals surface area contributed by atoms with E-state index in [0.717, 1.165) is 46.2 Å². The van der Waals surface area contributed by atoms with E-state index in [4.69, 9.17) is 61.6 Å². The second-order valence-electron chi connectivity index (χ2n) is 26.1. The minimum Gasteiger partial charge on any atom is -0.497 e. The molecule has 28 heteroatoms. The Kier molecular flexibility index (Phi) is 48.3. The van der Waals surface area contributed by atoms with E-state index in [1.807, 2.05) is 84.9 Å². The van der Waals surface area contributed by atoms with E-state index in [1.54, 1.807) is 165 Å². The van der Waals surface area contributed by atoms with Gasteiger partial charge in [-0.15, -0.1) is 0 Å². The summed E-state index contributed by atoms with van der Waals surface area (Å²) in [6, 6.07) is 72.0. The summed E-state index contributed by atoms with van der Waals surface area (Å²) >= 11 is 0. The molecule has 0 aliphatic heterocycles. The maximum Gasteiger partial charge on any atom is 0.343 e. The number of rotatable bonds is 37. The van der Waals surface area contributed by atoms with Crippen molar-refractivity contribution < 1.29 is 133 Å². The third-order valence-corrected chi connectivity index (χ3v) is 16.5. The molecular formula is C101H100O28. The van der Waals surface area contributed by atoms with Crippen molar-refractivity contribution >= 4 is 83.8 Å². The van der Waals surface area contributed by atoms with Crippen LogP contribution in [-0.4, -0.2) is 140 Å². The molecule has 0 amide bonds. The minimum atomic E-state index is -0.538. The van der Waals surface area contributed by atoms with Gasteiger partial charge in [0.15, 0.2) is 0 Å². The number of benzene rings is 10. The molecule has 10 aromatic carbocycles. The average Bonchev–Trinajstić information content (AvgIpc) is 0.852. The summed E-state index contributed by atoms with van der Waals surface area (Å²) in [5.74, 6) is -0.709. The number of esters is 12. The van der Waals surface area contributed by atoms with Gasteiger partial charge < -0.3 is 75.8 Å². The highest BCUT2D eigenvalue weighted by Crippen LogP contribution is 2.27. The second-order valence-corrected chi connectivity index (χ2v) is 26.1. The third-order valence-electron chi connectivity index (χ3n) is 16.5. The lowest BCUT2D eigenvalue weighted by Crippen LogP contribution is -2.09. The molecule has 28 nitrogen and oxygen atoms in total. The highest BCUT2D eigenvalue weighted by molar-refractivity contribution is 5.94. The SMILES string of the molecule is C=CC(=O)OCCCCOc1ccc(C(=O)Oc2ccc(OC(=O)/C=C/c3ccc(OC)cc3)cc2)cc1.C=CC(=O)OCCCCOc1ccc(C(=O)Oc2ccc(OC(=O)/C=C/c3ccccc3)cc2)cc1.C=CC(=O)OCCCCOc1ccc(C(=O)Oc2ccc(OC(=O)c3ccc(-c4ccccc4)cc3)cc2)cc1.COC(C)=O.COC(C)=O.COC(C)=O. The molecule has 0 bridgehead atoms. The van der Waals surface area contributed by atoms with Crippen molar-refractivity contribution in [3.8, 4) is 68.6 Å². The van der Waals surface area contributed by atoms with Gasteiger partial charge in [0.1, 0.15) is 57.5 Å². The van der Waals surface area contributed by atoms with E-state index in [9.17, 15) is 57.5 Å². The molecule has 672 valence electrons. The van der Waals surface area contributed by atoms with Crippen molar-refractivity contribution in [2.75, 3.05) is 68.1 Å². The Bertz CT molecular complexity index is 5210. The molecule has 0 spiro atoms. The van der Waals surface area contributed by atoms with E-state index in [-0.39, 0.29) is 17.9 Å². The van der Waals surface area contributed by atoms with E-state index in [1.165, 1.54) is 78.5 Å². The van der Waals surface area contributed by atoms with Gasteiger partial charge in [-0.1, -0.05) is 105 Å². The van der Waals surface area contributed by atoms with Crippen molar-refractivity contribution in [1.82, 2.24) is 0 Å². The van der Waals surface area contributed by atoms with Crippen LogP contribution in [0.5, 0.6) is 57.5 Å². The Morgan fingerprint density at radius 1 is 0.248 bits per heavy atom. The monoisotopic (exact) mass is 1760 g/mol. The van der Waals surface area contributed by atoms with E-state index in [0.29, 0.717) is 152 Å². The van der Waals surface area contributed by atoms with Crippen LogP contribution in [0.1, 0.15) is 112 Å². The largest absolute Gasteiger partial charge is 0.497 e. The van der Waals surface area contributed by atoms with Crippen LogP contribution in [0.3, 0.4) is 0 Å². The molecule has 129 heavy (non-hydrogen) atoms. The molecule has 0 N–H and O–H groups in total. The fourth-order valence-electron chi connectivity index (χ4n) is 9.67. The Hall–Kier alpha value is -16.3. The lowest BCUT2D eigenvalue weighted by molar-refractivity contribution is -0.138. The summed E-state index contributed by atoms with van der Waals surface area (Å²) < 4.78 is 81.2. The Labute approximate surface area is 747 Å². The van der Waals surface area contributed by atoms with Crippen molar-refractivity contribution in [2.45, 2.75) is 59.3 Å². The first-order valence-corrected chi connectivity index (χ1v) is 39.9. The standard InChI is InChI=1S/C33H28O7.C30H28O8.C29H26O7.3C3H6O2/c1-2-31(34)38-23-7-6-22-37-28-16-14-27(15-17-28)33(36)40-30-20-18-29(19-21-30)39-32(35)26-12-10-25(11-13-26)24-8-4-3-5-9-24;1-3-28(31)36-21-5-4-20-35-25-13-9-23(10-14-25)30(33)38-27-17-15-26(16-18-27)37-29(32)19-8-22-6-11-24(34-2)12-7-22;1-2-27(30)34-21-7-6-20-33-24-13-11-23(12-14-24)29(32)36-26-17-15-25(16-18-26)35-28(31)19-10-22-8-4-3-5-9-22;3*1-3(4)5-2/h2-5,8-21H,1,6-7,22-23H2;3,6-19H,1,4-5,20-21H2,2H3;2-5,8-19H,1,6-7,20-21H2;3*1-2H3/b;19-8+;19-10+;;;. The first-order valence-electron chi connectivity index (χ1n) is 39.9. The van der Waals surface area contributed by atoms with E-state index in [2.05, 4.69) is 33.9 Å². The first kappa shape index (κ1) is 103. The van der Waals surface area contributed by atoms with Crippen LogP contribution in [0.2, 0.25) is 0 Å². The second kappa shape index (κ2) is 60.3.